The summed E-state index contributed by atoms with van der Waals surface area (Å²) in [5, 5.41) is 0.258. The fraction of sp³-hybridized carbons (Fsp3) is 0.632. The molecule has 0 aliphatic carbocycles. The van der Waals surface area contributed by atoms with E-state index in [-0.39, 0.29) is 16.6 Å². The number of fused-ring (bicyclic) bond motifs is 1. The molecule has 0 unspecified atom stereocenters. The van der Waals surface area contributed by atoms with Gasteiger partial charge in [0.1, 0.15) is 0 Å². The molecule has 0 spiro atoms. The van der Waals surface area contributed by atoms with E-state index in [1.165, 1.54) is 0 Å². The lowest BCUT2D eigenvalue weighted by Crippen LogP contribution is -2.36. The summed E-state index contributed by atoms with van der Waals surface area (Å²) in [5.74, 6) is 1.02. The number of halogens is 1. The van der Waals surface area contributed by atoms with E-state index in [1.807, 2.05) is 14.0 Å². The number of hydrogen-bond acceptors (Lipinski definition) is 6. The van der Waals surface area contributed by atoms with Gasteiger partial charge in [-0.1, -0.05) is 20.8 Å². The van der Waals surface area contributed by atoms with Gasteiger partial charge < -0.3 is 14.5 Å². The lowest BCUT2D eigenvalue weighted by molar-refractivity contribution is -0.132. The van der Waals surface area contributed by atoms with E-state index >= 15 is 0 Å². The molecule has 148 valence electrons. The second-order valence-electron chi connectivity index (χ2n) is 8.23. The molecule has 1 amide bonds. The molecule has 0 radical (unpaired) electrons. The Kier molecular flexibility index (Phi) is 5.93. The maximum Gasteiger partial charge on any atom is 0.224 e. The van der Waals surface area contributed by atoms with Gasteiger partial charge in [0.05, 0.1) is 30.0 Å². The Bertz CT molecular complexity index is 840. The number of morpholine rings is 1. The predicted octanol–water partition coefficient (Wildman–Crippen LogP) is 3.88. The van der Waals surface area contributed by atoms with E-state index in [1.54, 1.807) is 16.2 Å². The van der Waals surface area contributed by atoms with Crippen LogP contribution >= 0.6 is 22.9 Å². The zero-order valence-corrected chi connectivity index (χ0v) is 18.2. The molecule has 0 atom stereocenters. The molecular formula is C19H27ClN4O2S. The Balaban J connectivity index is 1.91. The van der Waals surface area contributed by atoms with Crippen molar-refractivity contribution in [1.82, 2.24) is 14.9 Å². The Morgan fingerprint density at radius 1 is 1.30 bits per heavy atom. The van der Waals surface area contributed by atoms with Crippen molar-refractivity contribution in [2.75, 3.05) is 38.3 Å². The first kappa shape index (κ1) is 20.3. The fourth-order valence-electron chi connectivity index (χ4n) is 3.12. The summed E-state index contributed by atoms with van der Waals surface area (Å²) in [7, 11) is 1.86. The quantitative estimate of drug-likeness (QED) is 0.716. The van der Waals surface area contributed by atoms with Gasteiger partial charge in [-0.2, -0.15) is 4.98 Å². The van der Waals surface area contributed by atoms with E-state index in [0.717, 1.165) is 39.6 Å². The van der Waals surface area contributed by atoms with Crippen molar-refractivity contribution in [1.29, 1.82) is 0 Å². The van der Waals surface area contributed by atoms with Crippen LogP contribution in [0.15, 0.2) is 0 Å². The molecule has 1 fully saturated rings. The van der Waals surface area contributed by atoms with Gasteiger partial charge in [-0.25, -0.2) is 4.98 Å². The highest BCUT2D eigenvalue weighted by Crippen LogP contribution is 2.37. The van der Waals surface area contributed by atoms with Crippen molar-refractivity contribution < 1.29 is 9.53 Å². The summed E-state index contributed by atoms with van der Waals surface area (Å²) in [6.45, 7) is 11.8. The van der Waals surface area contributed by atoms with Crippen LogP contribution in [0.4, 0.5) is 5.82 Å². The SMILES string of the molecule is Cc1c(CN(C)C(=O)CC(C)(C)C)sc2c(N3CCOCC3)nc(Cl)nc12. The van der Waals surface area contributed by atoms with Crippen LogP contribution in [0, 0.1) is 12.3 Å². The molecule has 6 nitrogen and oxygen atoms in total. The van der Waals surface area contributed by atoms with Crippen LogP contribution < -0.4 is 4.90 Å². The van der Waals surface area contributed by atoms with Gasteiger partial charge in [0, 0.05) is 31.4 Å². The van der Waals surface area contributed by atoms with Crippen LogP contribution in [-0.2, 0) is 16.1 Å². The highest BCUT2D eigenvalue weighted by atomic mass is 35.5. The molecule has 27 heavy (non-hydrogen) atoms. The number of aromatic nitrogens is 2. The number of nitrogens with zero attached hydrogens (tertiary/aromatic N) is 4. The summed E-state index contributed by atoms with van der Waals surface area (Å²) >= 11 is 7.87. The predicted molar refractivity (Wildman–Crippen MR) is 111 cm³/mol. The third-order valence-corrected chi connectivity index (χ3v) is 6.05. The largest absolute Gasteiger partial charge is 0.378 e. The summed E-state index contributed by atoms with van der Waals surface area (Å²) in [6, 6.07) is 0. The molecule has 3 rings (SSSR count). The monoisotopic (exact) mass is 410 g/mol. The Hall–Kier alpha value is -1.44. The van der Waals surface area contributed by atoms with Gasteiger partial charge in [0.25, 0.3) is 0 Å². The number of hydrogen-bond donors (Lipinski definition) is 0. The first-order valence-corrected chi connectivity index (χ1v) is 10.4. The van der Waals surface area contributed by atoms with Gasteiger partial charge in [-0.05, 0) is 29.5 Å². The molecule has 2 aromatic rings. The average Bonchev–Trinajstić information content (AvgIpc) is 2.89. The lowest BCUT2D eigenvalue weighted by atomic mass is 9.92. The van der Waals surface area contributed by atoms with Gasteiger partial charge in [-0.15, -0.1) is 11.3 Å². The number of ether oxygens (including phenoxy) is 1. The summed E-state index contributed by atoms with van der Waals surface area (Å²) in [4.78, 5) is 26.6. The zero-order valence-electron chi connectivity index (χ0n) is 16.6. The molecular weight excluding hydrogens is 384 g/mol. The van der Waals surface area contributed by atoms with Gasteiger partial charge >= 0.3 is 0 Å². The summed E-state index contributed by atoms with van der Waals surface area (Å²) < 4.78 is 6.49. The maximum absolute atomic E-state index is 12.5. The molecule has 0 aromatic carbocycles. The molecule has 1 aliphatic rings. The topological polar surface area (TPSA) is 58.6 Å². The normalized spacial score (nSPS) is 15.4. The number of anilines is 1. The van der Waals surface area contributed by atoms with Crippen molar-refractivity contribution in [2.45, 2.75) is 40.7 Å². The van der Waals surface area contributed by atoms with Crippen LogP contribution in [0.3, 0.4) is 0 Å². The summed E-state index contributed by atoms with van der Waals surface area (Å²) in [6.07, 6.45) is 0.526. The van der Waals surface area contributed by atoms with E-state index in [9.17, 15) is 4.79 Å². The third kappa shape index (κ3) is 4.70. The van der Waals surface area contributed by atoms with Crippen LogP contribution in [0.25, 0.3) is 10.2 Å². The molecule has 1 saturated heterocycles. The van der Waals surface area contributed by atoms with Crippen molar-refractivity contribution in [2.24, 2.45) is 5.41 Å². The molecule has 0 saturated carbocycles. The van der Waals surface area contributed by atoms with E-state index in [4.69, 9.17) is 16.3 Å². The highest BCUT2D eigenvalue weighted by Gasteiger charge is 2.24. The van der Waals surface area contributed by atoms with Crippen LogP contribution in [0.5, 0.6) is 0 Å². The van der Waals surface area contributed by atoms with E-state index < -0.39 is 0 Å². The van der Waals surface area contributed by atoms with Crippen LogP contribution in [-0.4, -0.2) is 54.1 Å². The van der Waals surface area contributed by atoms with E-state index in [2.05, 4.69) is 35.6 Å². The highest BCUT2D eigenvalue weighted by molar-refractivity contribution is 7.19. The minimum absolute atomic E-state index is 0.0247. The second-order valence-corrected chi connectivity index (χ2v) is 9.67. The first-order chi connectivity index (χ1) is 12.7. The number of amides is 1. The lowest BCUT2D eigenvalue weighted by Gasteiger charge is -2.28. The molecule has 0 N–H and O–H groups in total. The minimum atomic E-state index is -0.0247. The number of aryl methyl sites for hydroxylation is 1. The number of thiophene rings is 1. The fourth-order valence-corrected chi connectivity index (χ4v) is 4.60. The molecule has 8 heteroatoms. The van der Waals surface area contributed by atoms with Crippen molar-refractivity contribution >= 4 is 44.9 Å². The smallest absolute Gasteiger partial charge is 0.224 e. The average molecular weight is 411 g/mol. The molecule has 1 aliphatic heterocycles. The first-order valence-electron chi connectivity index (χ1n) is 9.18. The van der Waals surface area contributed by atoms with Gasteiger partial charge in [-0.3, -0.25) is 4.79 Å². The molecule has 2 aromatic heterocycles. The maximum atomic E-state index is 12.5. The van der Waals surface area contributed by atoms with Gasteiger partial charge in [0.15, 0.2) is 5.82 Å². The standard InChI is InChI=1S/C19H27ClN4O2S/c1-12-13(11-23(5)14(25)10-19(2,3)4)27-16-15(12)21-18(20)22-17(16)24-6-8-26-9-7-24/h6-11H2,1-5H3. The number of rotatable bonds is 4. The van der Waals surface area contributed by atoms with Crippen molar-refractivity contribution in [3.05, 3.63) is 15.7 Å². The van der Waals surface area contributed by atoms with Crippen molar-refractivity contribution in [3.8, 4) is 0 Å². The Labute approximate surface area is 169 Å². The number of carbonyl (C=O) groups is 1. The van der Waals surface area contributed by atoms with Gasteiger partial charge in [0.2, 0.25) is 11.2 Å². The Morgan fingerprint density at radius 3 is 2.59 bits per heavy atom. The van der Waals surface area contributed by atoms with Crippen molar-refractivity contribution in [3.63, 3.8) is 0 Å². The Morgan fingerprint density at radius 2 is 1.96 bits per heavy atom. The zero-order chi connectivity index (χ0) is 19.8. The minimum Gasteiger partial charge on any atom is -0.378 e. The summed E-state index contributed by atoms with van der Waals surface area (Å²) in [5.41, 5.74) is 1.93. The number of carbonyl (C=O) groups excluding carboxylic acids is 1. The van der Waals surface area contributed by atoms with Crippen LogP contribution in [0.2, 0.25) is 5.28 Å². The third-order valence-electron chi connectivity index (χ3n) is 4.62. The molecule has 0 bridgehead atoms. The second kappa shape index (κ2) is 7.89. The van der Waals surface area contributed by atoms with E-state index in [0.29, 0.717) is 26.2 Å². The van der Waals surface area contributed by atoms with Crippen LogP contribution in [0.1, 0.15) is 37.6 Å². The molecule has 3 heterocycles.